The molecule has 2 aromatic heterocycles. The van der Waals surface area contributed by atoms with E-state index >= 15 is 0 Å². The first-order valence-corrected chi connectivity index (χ1v) is 10.1. The highest BCUT2D eigenvalue weighted by Gasteiger charge is 2.11. The predicted molar refractivity (Wildman–Crippen MR) is 121 cm³/mol. The molecule has 0 aliphatic rings. The number of pyridine rings is 1. The maximum absolute atomic E-state index is 12.5. The fraction of sp³-hybridized carbons (Fsp3) is 0.160. The Labute approximate surface area is 184 Å². The molecule has 7 nitrogen and oxygen atoms in total. The van der Waals surface area contributed by atoms with Gasteiger partial charge in [-0.05, 0) is 53.9 Å². The molecule has 2 aromatic carbocycles. The van der Waals surface area contributed by atoms with Crippen LogP contribution in [0.4, 0.5) is 0 Å². The normalized spacial score (nSPS) is 10.7. The Bertz CT molecular complexity index is 1270. The Morgan fingerprint density at radius 2 is 1.84 bits per heavy atom. The zero-order chi connectivity index (χ0) is 22.3. The molecule has 1 N–H and O–H groups in total. The maximum Gasteiger partial charge on any atom is 0.344 e. The van der Waals surface area contributed by atoms with Crippen LogP contribution in [0.3, 0.4) is 0 Å². The van der Waals surface area contributed by atoms with Crippen LogP contribution in [0.15, 0.2) is 82.3 Å². The first-order chi connectivity index (χ1) is 15.6. The van der Waals surface area contributed by atoms with Crippen molar-refractivity contribution in [3.8, 4) is 22.6 Å². The van der Waals surface area contributed by atoms with Gasteiger partial charge in [0.2, 0.25) is 0 Å². The lowest BCUT2D eigenvalue weighted by Gasteiger charge is -2.09. The number of para-hydroxylation sites is 1. The average molecular weight is 430 g/mol. The summed E-state index contributed by atoms with van der Waals surface area (Å²) in [6.07, 6.45) is 4.17. The summed E-state index contributed by atoms with van der Waals surface area (Å²) in [5.41, 5.74) is 2.19. The number of hydrogen-bond donors (Lipinski definition) is 1. The van der Waals surface area contributed by atoms with Crippen molar-refractivity contribution in [1.29, 1.82) is 0 Å². The fourth-order valence-corrected chi connectivity index (χ4v) is 3.31. The molecular weight excluding hydrogens is 408 g/mol. The third kappa shape index (κ3) is 4.95. The third-order valence-electron chi connectivity index (χ3n) is 4.96. The van der Waals surface area contributed by atoms with Gasteiger partial charge in [0, 0.05) is 24.3 Å². The molecule has 0 fully saturated rings. The molecule has 2 heterocycles. The monoisotopic (exact) mass is 430 g/mol. The van der Waals surface area contributed by atoms with Gasteiger partial charge in [0.25, 0.3) is 5.91 Å². The van der Waals surface area contributed by atoms with Gasteiger partial charge in [0.05, 0.1) is 12.7 Å². The molecule has 0 spiro atoms. The molecule has 0 atom stereocenters. The number of nitrogens with zero attached hydrogens (tertiary/aromatic N) is 1. The standard InChI is InChI=1S/C25H22N2O5/c1-30-22-4-2-3-19-15-21(25(29)32-24(19)22)18-5-7-20(8-6-18)31-16-23(28)27-14-11-17-9-12-26-13-10-17/h2-10,12-13,15H,11,14,16H2,1H3,(H,27,28). The number of carbonyl (C=O) groups is 1. The summed E-state index contributed by atoms with van der Waals surface area (Å²) in [5.74, 6) is 0.839. The number of ether oxygens (including phenoxy) is 2. The number of nitrogens with one attached hydrogen (secondary N) is 1. The average Bonchev–Trinajstić information content (AvgIpc) is 2.83. The van der Waals surface area contributed by atoms with Crippen LogP contribution in [0, 0.1) is 0 Å². The van der Waals surface area contributed by atoms with E-state index < -0.39 is 5.63 Å². The number of amides is 1. The molecule has 0 aliphatic heterocycles. The summed E-state index contributed by atoms with van der Waals surface area (Å²) in [5, 5.41) is 3.59. The van der Waals surface area contributed by atoms with Crippen LogP contribution in [-0.2, 0) is 11.2 Å². The molecule has 0 unspecified atom stereocenters. The largest absolute Gasteiger partial charge is 0.493 e. The van der Waals surface area contributed by atoms with Gasteiger partial charge in [-0.25, -0.2) is 4.79 Å². The van der Waals surface area contributed by atoms with E-state index in [9.17, 15) is 9.59 Å². The van der Waals surface area contributed by atoms with E-state index in [1.807, 2.05) is 24.3 Å². The molecule has 4 rings (SSSR count). The molecule has 0 saturated heterocycles. The number of benzene rings is 2. The van der Waals surface area contributed by atoms with Gasteiger partial charge in [-0.3, -0.25) is 9.78 Å². The summed E-state index contributed by atoms with van der Waals surface area (Å²) in [7, 11) is 1.53. The van der Waals surface area contributed by atoms with Gasteiger partial charge in [-0.1, -0.05) is 24.3 Å². The molecule has 162 valence electrons. The van der Waals surface area contributed by atoms with Crippen LogP contribution in [0.2, 0.25) is 0 Å². The molecule has 0 radical (unpaired) electrons. The molecular formula is C25H22N2O5. The van der Waals surface area contributed by atoms with Crippen molar-refractivity contribution in [3.63, 3.8) is 0 Å². The number of methoxy groups -OCH3 is 1. The smallest absolute Gasteiger partial charge is 0.344 e. The lowest BCUT2D eigenvalue weighted by molar-refractivity contribution is -0.123. The second-order valence-electron chi connectivity index (χ2n) is 7.09. The van der Waals surface area contributed by atoms with E-state index in [1.54, 1.807) is 48.8 Å². The summed E-state index contributed by atoms with van der Waals surface area (Å²) in [4.78, 5) is 28.5. The number of hydrogen-bond acceptors (Lipinski definition) is 6. The molecule has 1 amide bonds. The van der Waals surface area contributed by atoms with E-state index in [1.165, 1.54) is 7.11 Å². The van der Waals surface area contributed by atoms with Gasteiger partial charge in [-0.2, -0.15) is 0 Å². The van der Waals surface area contributed by atoms with Crippen molar-refractivity contribution in [1.82, 2.24) is 10.3 Å². The second kappa shape index (κ2) is 9.78. The summed E-state index contributed by atoms with van der Waals surface area (Å²) in [6.45, 7) is 0.432. The van der Waals surface area contributed by atoms with Gasteiger partial charge in [0.15, 0.2) is 17.9 Å². The number of aromatic nitrogens is 1. The minimum absolute atomic E-state index is 0.0897. The highest BCUT2D eigenvalue weighted by Crippen LogP contribution is 2.28. The van der Waals surface area contributed by atoms with E-state index in [4.69, 9.17) is 13.9 Å². The highest BCUT2D eigenvalue weighted by atomic mass is 16.5. The zero-order valence-corrected chi connectivity index (χ0v) is 17.5. The molecule has 32 heavy (non-hydrogen) atoms. The first kappa shape index (κ1) is 21.1. The van der Waals surface area contributed by atoms with Crippen molar-refractivity contribution in [2.24, 2.45) is 0 Å². The first-order valence-electron chi connectivity index (χ1n) is 10.1. The molecule has 0 saturated carbocycles. The quantitative estimate of drug-likeness (QED) is 0.430. The van der Waals surface area contributed by atoms with Crippen LogP contribution < -0.4 is 20.4 Å². The summed E-state index contributed by atoms with van der Waals surface area (Å²) in [6, 6.07) is 18.0. The SMILES string of the molecule is COc1cccc2cc(-c3ccc(OCC(=O)NCCc4ccncc4)cc3)c(=O)oc12. The van der Waals surface area contributed by atoms with Gasteiger partial charge in [-0.15, -0.1) is 0 Å². The van der Waals surface area contributed by atoms with Crippen LogP contribution in [0.1, 0.15) is 5.56 Å². The van der Waals surface area contributed by atoms with E-state index in [0.29, 0.717) is 34.8 Å². The maximum atomic E-state index is 12.5. The van der Waals surface area contributed by atoms with Crippen LogP contribution in [0.5, 0.6) is 11.5 Å². The lowest BCUT2D eigenvalue weighted by Crippen LogP contribution is -2.30. The Morgan fingerprint density at radius 1 is 1.06 bits per heavy atom. The molecule has 4 aromatic rings. The Morgan fingerprint density at radius 3 is 2.59 bits per heavy atom. The third-order valence-corrected chi connectivity index (χ3v) is 4.96. The second-order valence-corrected chi connectivity index (χ2v) is 7.09. The summed E-state index contributed by atoms with van der Waals surface area (Å²) < 4.78 is 16.3. The summed E-state index contributed by atoms with van der Waals surface area (Å²) >= 11 is 0. The van der Waals surface area contributed by atoms with Crippen molar-refractivity contribution in [2.45, 2.75) is 6.42 Å². The number of fused-ring (bicyclic) bond motifs is 1. The van der Waals surface area contributed by atoms with Gasteiger partial charge in [0.1, 0.15) is 5.75 Å². The van der Waals surface area contributed by atoms with Crippen LogP contribution >= 0.6 is 0 Å². The van der Waals surface area contributed by atoms with E-state index in [0.717, 1.165) is 17.4 Å². The Hall–Kier alpha value is -4.13. The topological polar surface area (TPSA) is 90.7 Å². The Balaban J connectivity index is 1.36. The van der Waals surface area contributed by atoms with Crippen molar-refractivity contribution < 1.29 is 18.7 Å². The van der Waals surface area contributed by atoms with Crippen molar-refractivity contribution >= 4 is 16.9 Å². The van der Waals surface area contributed by atoms with Gasteiger partial charge < -0.3 is 19.2 Å². The zero-order valence-electron chi connectivity index (χ0n) is 17.5. The van der Waals surface area contributed by atoms with E-state index in [-0.39, 0.29) is 12.5 Å². The minimum atomic E-state index is -0.454. The number of rotatable bonds is 8. The van der Waals surface area contributed by atoms with Crippen molar-refractivity contribution in [2.75, 3.05) is 20.3 Å². The highest BCUT2D eigenvalue weighted by molar-refractivity contribution is 5.86. The predicted octanol–water partition coefficient (Wildman–Crippen LogP) is 3.60. The van der Waals surface area contributed by atoms with Gasteiger partial charge >= 0.3 is 5.63 Å². The number of carbonyl (C=O) groups excluding carboxylic acids is 1. The van der Waals surface area contributed by atoms with Crippen molar-refractivity contribution in [3.05, 3.63) is 89.0 Å². The fourth-order valence-electron chi connectivity index (χ4n) is 3.31. The Kier molecular flexibility index (Phi) is 6.46. The molecule has 0 bridgehead atoms. The van der Waals surface area contributed by atoms with Crippen LogP contribution in [0.25, 0.3) is 22.1 Å². The van der Waals surface area contributed by atoms with E-state index in [2.05, 4.69) is 10.3 Å². The van der Waals surface area contributed by atoms with Crippen LogP contribution in [-0.4, -0.2) is 31.2 Å². The molecule has 0 aliphatic carbocycles. The lowest BCUT2D eigenvalue weighted by atomic mass is 10.1. The minimum Gasteiger partial charge on any atom is -0.493 e. The molecule has 7 heteroatoms.